The Balaban J connectivity index is 1.96. The maximum absolute atomic E-state index is 10.1. The molecule has 0 bridgehead atoms. The zero-order chi connectivity index (χ0) is 15.4. The van der Waals surface area contributed by atoms with Gasteiger partial charge in [-0.05, 0) is 18.5 Å². The summed E-state index contributed by atoms with van der Waals surface area (Å²) in [7, 11) is 1.40. The molecule has 0 aromatic heterocycles. The van der Waals surface area contributed by atoms with Crippen LogP contribution < -0.4 is 5.32 Å². The summed E-state index contributed by atoms with van der Waals surface area (Å²) in [5.41, 5.74) is 1.14. The number of hydrogen-bond acceptors (Lipinski definition) is 6. The van der Waals surface area contributed by atoms with E-state index in [2.05, 4.69) is 5.32 Å². The minimum Gasteiger partial charge on any atom is -0.389 e. The van der Waals surface area contributed by atoms with Gasteiger partial charge in [0.15, 0.2) is 0 Å². The van der Waals surface area contributed by atoms with Gasteiger partial charge in [-0.3, -0.25) is 0 Å². The first-order valence-corrected chi connectivity index (χ1v) is 7.08. The minimum atomic E-state index is -1.42. The monoisotopic (exact) mass is 297 g/mol. The normalized spacial score (nSPS) is 36.6. The molecule has 0 radical (unpaired) electrons. The Kier molecular flexibility index (Phi) is 5.69. The molecule has 1 aliphatic rings. The second kappa shape index (κ2) is 7.31. The Morgan fingerprint density at radius 1 is 0.952 bits per heavy atom. The van der Waals surface area contributed by atoms with Crippen LogP contribution >= 0.6 is 0 Å². The predicted molar refractivity (Wildman–Crippen MR) is 76.8 cm³/mol. The molecule has 6 unspecified atom stereocenters. The van der Waals surface area contributed by atoms with Crippen LogP contribution in [-0.2, 0) is 11.2 Å². The van der Waals surface area contributed by atoms with Gasteiger partial charge in [0, 0.05) is 7.11 Å². The maximum atomic E-state index is 10.1. The highest BCUT2D eigenvalue weighted by Crippen LogP contribution is 2.23. The van der Waals surface area contributed by atoms with Crippen molar-refractivity contribution in [1.29, 1.82) is 0 Å². The number of aliphatic hydroxyl groups excluding tert-OH is 4. The van der Waals surface area contributed by atoms with Gasteiger partial charge >= 0.3 is 0 Å². The molecular weight excluding hydrogens is 274 g/mol. The molecule has 0 aliphatic heterocycles. The predicted octanol–water partition coefficient (Wildman–Crippen LogP) is -1.34. The molecule has 0 spiro atoms. The molecule has 1 aromatic carbocycles. The highest BCUT2D eigenvalue weighted by Gasteiger charge is 2.48. The zero-order valence-electron chi connectivity index (χ0n) is 12.0. The fourth-order valence-electron chi connectivity index (χ4n) is 2.77. The lowest BCUT2D eigenvalue weighted by molar-refractivity contribution is -0.197. The molecule has 0 saturated heterocycles. The van der Waals surface area contributed by atoms with E-state index in [4.69, 9.17) is 4.74 Å². The topological polar surface area (TPSA) is 102 Å². The fourth-order valence-corrected chi connectivity index (χ4v) is 2.77. The molecule has 118 valence electrons. The van der Waals surface area contributed by atoms with Crippen molar-refractivity contribution in [2.75, 3.05) is 13.7 Å². The SMILES string of the molecule is COC1C(O)C(O)C(O)C(O)C1NCCc1ccccc1. The highest BCUT2D eigenvalue weighted by molar-refractivity contribution is 5.15. The van der Waals surface area contributed by atoms with E-state index >= 15 is 0 Å². The summed E-state index contributed by atoms with van der Waals surface area (Å²) in [5.74, 6) is 0. The van der Waals surface area contributed by atoms with Crippen LogP contribution in [0.4, 0.5) is 0 Å². The number of ether oxygens (including phenoxy) is 1. The highest BCUT2D eigenvalue weighted by atomic mass is 16.5. The lowest BCUT2D eigenvalue weighted by Gasteiger charge is -2.43. The average molecular weight is 297 g/mol. The van der Waals surface area contributed by atoms with Gasteiger partial charge in [-0.25, -0.2) is 0 Å². The van der Waals surface area contributed by atoms with Gasteiger partial charge in [-0.15, -0.1) is 0 Å². The summed E-state index contributed by atoms with van der Waals surface area (Å²) in [5, 5.41) is 42.5. The van der Waals surface area contributed by atoms with Gasteiger partial charge in [0.05, 0.1) is 6.04 Å². The Morgan fingerprint density at radius 3 is 2.19 bits per heavy atom. The summed E-state index contributed by atoms with van der Waals surface area (Å²) in [4.78, 5) is 0. The molecular formula is C15H23NO5. The van der Waals surface area contributed by atoms with E-state index in [-0.39, 0.29) is 0 Å². The van der Waals surface area contributed by atoms with Crippen molar-refractivity contribution < 1.29 is 25.2 Å². The molecule has 2 rings (SSSR count). The minimum absolute atomic E-state index is 0.557. The standard InChI is InChI=1S/C15H23NO5/c1-21-15-10(11(17)12(18)13(19)14(15)20)16-8-7-9-5-3-2-4-6-9/h2-6,10-20H,7-8H2,1H3. The van der Waals surface area contributed by atoms with E-state index in [9.17, 15) is 20.4 Å². The van der Waals surface area contributed by atoms with Crippen LogP contribution in [0.5, 0.6) is 0 Å². The van der Waals surface area contributed by atoms with E-state index in [1.807, 2.05) is 30.3 Å². The van der Waals surface area contributed by atoms with Crippen molar-refractivity contribution in [2.24, 2.45) is 0 Å². The van der Waals surface area contributed by atoms with Crippen molar-refractivity contribution in [3.8, 4) is 0 Å². The summed E-state index contributed by atoms with van der Waals surface area (Å²) in [6.07, 6.45) is -5.31. The van der Waals surface area contributed by atoms with Crippen LogP contribution in [0.15, 0.2) is 30.3 Å². The van der Waals surface area contributed by atoms with Crippen molar-refractivity contribution in [3.05, 3.63) is 35.9 Å². The summed E-state index contributed by atoms with van der Waals surface area (Å²) < 4.78 is 5.16. The first kappa shape index (κ1) is 16.4. The van der Waals surface area contributed by atoms with E-state index in [0.717, 1.165) is 12.0 Å². The van der Waals surface area contributed by atoms with E-state index in [1.165, 1.54) is 7.11 Å². The smallest absolute Gasteiger partial charge is 0.111 e. The van der Waals surface area contributed by atoms with Gasteiger partial charge in [-0.2, -0.15) is 0 Å². The molecule has 1 saturated carbocycles. The molecule has 6 atom stereocenters. The summed E-state index contributed by atoms with van der Waals surface area (Å²) >= 11 is 0. The Hall–Kier alpha value is -1.02. The molecule has 1 fully saturated rings. The number of rotatable bonds is 5. The number of aliphatic hydroxyl groups is 4. The van der Waals surface area contributed by atoms with Crippen LogP contribution in [-0.4, -0.2) is 70.6 Å². The van der Waals surface area contributed by atoms with Crippen LogP contribution in [0.25, 0.3) is 0 Å². The third kappa shape index (κ3) is 3.60. The number of methoxy groups -OCH3 is 1. The average Bonchev–Trinajstić information content (AvgIpc) is 2.51. The second-order valence-electron chi connectivity index (χ2n) is 5.38. The third-order valence-corrected chi connectivity index (χ3v) is 4.02. The van der Waals surface area contributed by atoms with Crippen LogP contribution in [0.3, 0.4) is 0 Å². The van der Waals surface area contributed by atoms with Crippen molar-refractivity contribution in [2.45, 2.75) is 43.0 Å². The van der Waals surface area contributed by atoms with Gasteiger partial charge < -0.3 is 30.5 Å². The van der Waals surface area contributed by atoms with E-state index in [1.54, 1.807) is 0 Å². The number of hydrogen-bond donors (Lipinski definition) is 5. The Bertz CT molecular complexity index is 429. The first-order valence-electron chi connectivity index (χ1n) is 7.08. The van der Waals surface area contributed by atoms with Crippen molar-refractivity contribution in [1.82, 2.24) is 5.32 Å². The van der Waals surface area contributed by atoms with Crippen molar-refractivity contribution in [3.63, 3.8) is 0 Å². The lowest BCUT2D eigenvalue weighted by Crippen LogP contribution is -2.68. The molecule has 6 heteroatoms. The molecule has 6 nitrogen and oxygen atoms in total. The molecule has 1 aliphatic carbocycles. The van der Waals surface area contributed by atoms with Crippen LogP contribution in [0.1, 0.15) is 5.56 Å². The largest absolute Gasteiger partial charge is 0.389 e. The molecule has 0 amide bonds. The fraction of sp³-hybridized carbons (Fsp3) is 0.600. The molecule has 1 aromatic rings. The number of benzene rings is 1. The Labute approximate surface area is 124 Å². The quantitative estimate of drug-likeness (QED) is 0.461. The van der Waals surface area contributed by atoms with Crippen LogP contribution in [0.2, 0.25) is 0 Å². The molecule has 5 N–H and O–H groups in total. The van der Waals surface area contributed by atoms with E-state index in [0.29, 0.717) is 6.54 Å². The van der Waals surface area contributed by atoms with Crippen LogP contribution in [0, 0.1) is 0 Å². The maximum Gasteiger partial charge on any atom is 0.111 e. The third-order valence-electron chi connectivity index (χ3n) is 4.02. The lowest BCUT2D eigenvalue weighted by atomic mass is 9.83. The van der Waals surface area contributed by atoms with Gasteiger partial charge in [0.1, 0.15) is 30.5 Å². The first-order chi connectivity index (χ1) is 10.1. The second-order valence-corrected chi connectivity index (χ2v) is 5.38. The summed E-state index contributed by atoms with van der Waals surface area (Å²) in [6.45, 7) is 0.557. The van der Waals surface area contributed by atoms with Gasteiger partial charge in [-0.1, -0.05) is 30.3 Å². The van der Waals surface area contributed by atoms with Gasteiger partial charge in [0.25, 0.3) is 0 Å². The molecule has 21 heavy (non-hydrogen) atoms. The Morgan fingerprint density at radius 2 is 1.57 bits per heavy atom. The van der Waals surface area contributed by atoms with Crippen molar-refractivity contribution >= 4 is 0 Å². The van der Waals surface area contributed by atoms with E-state index < -0.39 is 36.6 Å². The summed E-state index contributed by atoms with van der Waals surface area (Å²) in [6, 6.07) is 9.20. The number of nitrogens with one attached hydrogen (secondary N) is 1. The van der Waals surface area contributed by atoms with Gasteiger partial charge in [0.2, 0.25) is 0 Å². The zero-order valence-corrected chi connectivity index (χ0v) is 12.0. The molecule has 0 heterocycles.